The fourth-order valence-electron chi connectivity index (χ4n) is 4.48. The Morgan fingerprint density at radius 3 is 2.00 bits per heavy atom. The lowest BCUT2D eigenvalue weighted by Crippen LogP contribution is -2.19. The molecule has 0 saturated heterocycles. The molecule has 0 unspecified atom stereocenters. The summed E-state index contributed by atoms with van der Waals surface area (Å²) >= 11 is 0. The summed E-state index contributed by atoms with van der Waals surface area (Å²) in [4.78, 5) is 14.0. The highest BCUT2D eigenvalue weighted by molar-refractivity contribution is 7.90. The third-order valence-corrected chi connectivity index (χ3v) is 8.05. The average Bonchev–Trinajstić information content (AvgIpc) is 3.37. The molecule has 0 aliphatic rings. The standard InChI is InChI=1S/C30H25NO6S/c1-35-27-18-23(19-28(36-2)30(27)37-3)20-11-9-12-22(16-20)29(32)26-17-21-10-7-8-15-25(21)31(26)38(33,34)24-13-5-4-6-14-24/h4-19H,1-3H3. The van der Waals surface area contributed by atoms with E-state index >= 15 is 0 Å². The van der Waals surface area contributed by atoms with E-state index in [2.05, 4.69) is 0 Å². The molecule has 4 aromatic carbocycles. The number of ketones is 1. The molecule has 0 radical (unpaired) electrons. The minimum atomic E-state index is -4.05. The Labute approximate surface area is 220 Å². The third kappa shape index (κ3) is 4.29. The molecule has 192 valence electrons. The van der Waals surface area contributed by atoms with E-state index in [0.29, 0.717) is 33.7 Å². The van der Waals surface area contributed by atoms with Gasteiger partial charge in [0, 0.05) is 10.9 Å². The first-order chi connectivity index (χ1) is 18.4. The van der Waals surface area contributed by atoms with Crippen LogP contribution in [0, 0.1) is 0 Å². The second-order valence-corrected chi connectivity index (χ2v) is 10.3. The molecule has 7 nitrogen and oxygen atoms in total. The topological polar surface area (TPSA) is 83.8 Å². The Morgan fingerprint density at radius 2 is 1.34 bits per heavy atom. The quantitative estimate of drug-likeness (QED) is 0.237. The van der Waals surface area contributed by atoms with Gasteiger partial charge >= 0.3 is 0 Å². The first-order valence-corrected chi connectivity index (χ1v) is 13.2. The van der Waals surface area contributed by atoms with Crippen molar-refractivity contribution >= 4 is 26.7 Å². The second-order valence-electron chi connectivity index (χ2n) is 8.49. The van der Waals surface area contributed by atoms with E-state index in [-0.39, 0.29) is 10.6 Å². The zero-order valence-corrected chi connectivity index (χ0v) is 21.9. The van der Waals surface area contributed by atoms with Gasteiger partial charge in [-0.05, 0) is 53.6 Å². The molecule has 38 heavy (non-hydrogen) atoms. The van der Waals surface area contributed by atoms with E-state index in [1.54, 1.807) is 78.9 Å². The number of ether oxygens (including phenoxy) is 3. The lowest BCUT2D eigenvalue weighted by molar-refractivity contribution is 0.103. The molecule has 0 atom stereocenters. The van der Waals surface area contributed by atoms with Gasteiger partial charge in [0.25, 0.3) is 10.0 Å². The summed E-state index contributed by atoms with van der Waals surface area (Å²) in [5.41, 5.74) is 2.29. The van der Waals surface area contributed by atoms with Crippen LogP contribution < -0.4 is 14.2 Å². The van der Waals surface area contributed by atoms with E-state index < -0.39 is 15.8 Å². The number of carbonyl (C=O) groups is 1. The lowest BCUT2D eigenvalue weighted by Gasteiger charge is -2.15. The summed E-state index contributed by atoms with van der Waals surface area (Å²) in [6, 6.07) is 27.3. The number of hydrogen-bond donors (Lipinski definition) is 0. The van der Waals surface area contributed by atoms with E-state index in [0.717, 1.165) is 15.1 Å². The normalized spacial score (nSPS) is 11.3. The molecule has 0 bridgehead atoms. The van der Waals surface area contributed by atoms with E-state index in [1.807, 2.05) is 6.07 Å². The molecule has 5 aromatic rings. The van der Waals surface area contributed by atoms with Crippen LogP contribution in [0.15, 0.2) is 102 Å². The molecule has 1 aromatic heterocycles. The molecule has 0 amide bonds. The third-order valence-electron chi connectivity index (χ3n) is 6.30. The number of hydrogen-bond acceptors (Lipinski definition) is 6. The number of benzene rings is 4. The first kappa shape index (κ1) is 25.1. The number of methoxy groups -OCH3 is 3. The molecule has 1 heterocycles. The molecule has 0 saturated carbocycles. The van der Waals surface area contributed by atoms with Crippen LogP contribution in [0.1, 0.15) is 16.1 Å². The zero-order valence-electron chi connectivity index (χ0n) is 21.0. The summed E-state index contributed by atoms with van der Waals surface area (Å²) < 4.78 is 44.9. The van der Waals surface area contributed by atoms with Crippen LogP contribution in [-0.4, -0.2) is 39.5 Å². The maximum Gasteiger partial charge on any atom is 0.268 e. The molecular weight excluding hydrogens is 502 g/mol. The van der Waals surface area contributed by atoms with Gasteiger partial charge in [0.1, 0.15) is 5.69 Å². The van der Waals surface area contributed by atoms with Crippen LogP contribution in [-0.2, 0) is 10.0 Å². The van der Waals surface area contributed by atoms with Crippen LogP contribution in [0.2, 0.25) is 0 Å². The van der Waals surface area contributed by atoms with Crippen molar-refractivity contribution in [1.82, 2.24) is 3.97 Å². The zero-order chi connectivity index (χ0) is 26.9. The van der Waals surface area contributed by atoms with Gasteiger partial charge in [0.2, 0.25) is 11.5 Å². The van der Waals surface area contributed by atoms with Crippen LogP contribution >= 0.6 is 0 Å². The Kier molecular flexibility index (Phi) is 6.65. The van der Waals surface area contributed by atoms with Crippen molar-refractivity contribution in [2.75, 3.05) is 21.3 Å². The Bertz CT molecular complexity index is 1730. The fourth-order valence-corrected chi connectivity index (χ4v) is 6.01. The highest BCUT2D eigenvalue weighted by Crippen LogP contribution is 2.41. The molecule has 8 heteroatoms. The Hall–Kier alpha value is -4.56. The largest absolute Gasteiger partial charge is 0.493 e. The minimum Gasteiger partial charge on any atom is -0.493 e. The summed E-state index contributed by atoms with van der Waals surface area (Å²) in [7, 11) is 0.554. The molecule has 0 N–H and O–H groups in total. The maximum atomic E-state index is 13.9. The highest BCUT2D eigenvalue weighted by atomic mass is 32.2. The van der Waals surface area contributed by atoms with Crippen molar-refractivity contribution in [1.29, 1.82) is 0 Å². The van der Waals surface area contributed by atoms with Crippen LogP contribution in [0.4, 0.5) is 0 Å². The van der Waals surface area contributed by atoms with Crippen LogP contribution in [0.5, 0.6) is 17.2 Å². The van der Waals surface area contributed by atoms with Crippen LogP contribution in [0.3, 0.4) is 0 Å². The van der Waals surface area contributed by atoms with Gasteiger partial charge in [0.15, 0.2) is 11.5 Å². The van der Waals surface area contributed by atoms with Crippen molar-refractivity contribution in [3.63, 3.8) is 0 Å². The van der Waals surface area contributed by atoms with Gasteiger partial charge in [-0.3, -0.25) is 4.79 Å². The summed E-state index contributed by atoms with van der Waals surface area (Å²) in [5.74, 6) is 0.997. The minimum absolute atomic E-state index is 0.0529. The van der Waals surface area contributed by atoms with Gasteiger partial charge in [-0.1, -0.05) is 54.6 Å². The molecule has 0 aliphatic carbocycles. The van der Waals surface area contributed by atoms with Gasteiger partial charge in [-0.15, -0.1) is 0 Å². The molecule has 5 rings (SSSR count). The predicted octanol–water partition coefficient (Wildman–Crippen LogP) is 5.80. The fraction of sp³-hybridized carbons (Fsp3) is 0.100. The average molecular weight is 528 g/mol. The van der Waals surface area contributed by atoms with E-state index in [4.69, 9.17) is 14.2 Å². The summed E-state index contributed by atoms with van der Waals surface area (Å²) in [6.45, 7) is 0. The van der Waals surface area contributed by atoms with Crippen molar-refractivity contribution < 1.29 is 27.4 Å². The highest BCUT2D eigenvalue weighted by Gasteiger charge is 2.27. The van der Waals surface area contributed by atoms with Crippen molar-refractivity contribution in [3.05, 3.63) is 108 Å². The SMILES string of the molecule is COc1cc(-c2cccc(C(=O)c3cc4ccccc4n3S(=O)(=O)c3ccccc3)c2)cc(OC)c1OC. The van der Waals surface area contributed by atoms with Gasteiger partial charge < -0.3 is 14.2 Å². The van der Waals surface area contributed by atoms with Crippen LogP contribution in [0.25, 0.3) is 22.0 Å². The second kappa shape index (κ2) is 10.1. The number of rotatable bonds is 8. The summed E-state index contributed by atoms with van der Waals surface area (Å²) in [5, 5.41) is 0.649. The number of fused-ring (bicyclic) bond motifs is 1. The monoisotopic (exact) mass is 527 g/mol. The van der Waals surface area contributed by atoms with Gasteiger partial charge in [-0.25, -0.2) is 12.4 Å². The number of carbonyl (C=O) groups excluding carboxylic acids is 1. The molecule has 0 fully saturated rings. The van der Waals surface area contributed by atoms with Crippen molar-refractivity contribution in [2.45, 2.75) is 4.90 Å². The number of aromatic nitrogens is 1. The van der Waals surface area contributed by atoms with E-state index in [1.165, 1.54) is 33.5 Å². The number of nitrogens with zero attached hydrogens (tertiary/aromatic N) is 1. The summed E-state index contributed by atoms with van der Waals surface area (Å²) in [6.07, 6.45) is 0. The Morgan fingerprint density at radius 1 is 0.684 bits per heavy atom. The van der Waals surface area contributed by atoms with Crippen molar-refractivity contribution in [2.24, 2.45) is 0 Å². The number of para-hydroxylation sites is 1. The van der Waals surface area contributed by atoms with Gasteiger partial charge in [0.05, 0.1) is 31.7 Å². The maximum absolute atomic E-state index is 13.9. The predicted molar refractivity (Wildman–Crippen MR) is 146 cm³/mol. The Balaban J connectivity index is 1.65. The molecule has 0 aliphatic heterocycles. The van der Waals surface area contributed by atoms with E-state index in [9.17, 15) is 13.2 Å². The molecule has 0 spiro atoms. The smallest absolute Gasteiger partial charge is 0.268 e. The van der Waals surface area contributed by atoms with Crippen molar-refractivity contribution in [3.8, 4) is 28.4 Å². The molecular formula is C30H25NO6S. The first-order valence-electron chi connectivity index (χ1n) is 11.7. The lowest BCUT2D eigenvalue weighted by atomic mass is 9.99. The van der Waals surface area contributed by atoms with Gasteiger partial charge in [-0.2, -0.15) is 0 Å².